The lowest BCUT2D eigenvalue weighted by Crippen LogP contribution is -2.37. The Morgan fingerprint density at radius 3 is 2.70 bits per heavy atom. The Labute approximate surface area is 118 Å². The number of aliphatic carboxylic acids is 1. The van der Waals surface area contributed by atoms with E-state index in [0.717, 1.165) is 16.9 Å². The highest BCUT2D eigenvalue weighted by atomic mass is 16.4. The third-order valence-corrected chi connectivity index (χ3v) is 3.39. The molecule has 0 aliphatic heterocycles. The molecule has 108 valence electrons. The number of aromatic nitrogens is 2. The van der Waals surface area contributed by atoms with E-state index in [1.165, 1.54) is 0 Å². The quantitative estimate of drug-likeness (QED) is 0.848. The Balaban J connectivity index is 2.11. The fourth-order valence-corrected chi connectivity index (χ4v) is 2.31. The molecule has 0 saturated heterocycles. The van der Waals surface area contributed by atoms with Gasteiger partial charge in [-0.3, -0.25) is 10.1 Å². The predicted molar refractivity (Wildman–Crippen MR) is 78.4 cm³/mol. The third-order valence-electron chi connectivity index (χ3n) is 3.39. The van der Waals surface area contributed by atoms with E-state index in [2.05, 4.69) is 10.3 Å². The SMILES string of the molecule is CC(C)CC(NCc1nc2ccccc2n1C)C(=O)O. The summed E-state index contributed by atoms with van der Waals surface area (Å²) in [5.74, 6) is 0.378. The molecule has 1 heterocycles. The van der Waals surface area contributed by atoms with E-state index in [-0.39, 0.29) is 0 Å². The van der Waals surface area contributed by atoms with Crippen LogP contribution in [0.2, 0.25) is 0 Å². The molecular formula is C15H21N3O2. The van der Waals surface area contributed by atoms with Crippen LogP contribution in [-0.4, -0.2) is 26.7 Å². The van der Waals surface area contributed by atoms with Gasteiger partial charge in [0.05, 0.1) is 17.6 Å². The van der Waals surface area contributed by atoms with Crippen molar-refractivity contribution in [1.82, 2.24) is 14.9 Å². The minimum Gasteiger partial charge on any atom is -0.480 e. The van der Waals surface area contributed by atoms with Crippen molar-refractivity contribution in [3.05, 3.63) is 30.1 Å². The molecule has 1 unspecified atom stereocenters. The van der Waals surface area contributed by atoms with Crippen LogP contribution in [-0.2, 0) is 18.4 Å². The molecule has 1 atom stereocenters. The van der Waals surface area contributed by atoms with Gasteiger partial charge in [0.1, 0.15) is 11.9 Å². The van der Waals surface area contributed by atoms with Crippen molar-refractivity contribution in [2.75, 3.05) is 0 Å². The zero-order valence-electron chi connectivity index (χ0n) is 12.1. The molecule has 5 heteroatoms. The fraction of sp³-hybridized carbons (Fsp3) is 0.467. The molecule has 0 spiro atoms. The Bertz CT molecular complexity index is 604. The van der Waals surface area contributed by atoms with E-state index in [4.69, 9.17) is 0 Å². The molecule has 1 aromatic carbocycles. The van der Waals surface area contributed by atoms with Gasteiger partial charge in [0, 0.05) is 7.05 Å². The molecule has 5 nitrogen and oxygen atoms in total. The van der Waals surface area contributed by atoms with E-state index in [0.29, 0.717) is 18.9 Å². The number of para-hydroxylation sites is 2. The second-order valence-corrected chi connectivity index (χ2v) is 5.48. The monoisotopic (exact) mass is 275 g/mol. The zero-order chi connectivity index (χ0) is 14.7. The van der Waals surface area contributed by atoms with Crippen molar-refractivity contribution in [2.45, 2.75) is 32.9 Å². The van der Waals surface area contributed by atoms with Gasteiger partial charge in [-0.15, -0.1) is 0 Å². The van der Waals surface area contributed by atoms with E-state index < -0.39 is 12.0 Å². The maximum absolute atomic E-state index is 11.2. The van der Waals surface area contributed by atoms with Crippen LogP contribution in [0, 0.1) is 5.92 Å². The topological polar surface area (TPSA) is 67.2 Å². The zero-order valence-corrected chi connectivity index (χ0v) is 12.1. The van der Waals surface area contributed by atoms with Crippen LogP contribution < -0.4 is 5.32 Å². The number of fused-ring (bicyclic) bond motifs is 1. The molecule has 0 radical (unpaired) electrons. The number of imidazole rings is 1. The molecule has 0 aliphatic carbocycles. The summed E-state index contributed by atoms with van der Waals surface area (Å²) in [5, 5.41) is 12.3. The fourth-order valence-electron chi connectivity index (χ4n) is 2.31. The summed E-state index contributed by atoms with van der Waals surface area (Å²) < 4.78 is 2.00. The van der Waals surface area contributed by atoms with Gasteiger partial charge in [0.25, 0.3) is 0 Å². The number of hydrogen-bond donors (Lipinski definition) is 2. The number of nitrogens with one attached hydrogen (secondary N) is 1. The van der Waals surface area contributed by atoms with Gasteiger partial charge in [-0.25, -0.2) is 4.98 Å². The van der Waals surface area contributed by atoms with Crippen LogP contribution in [0.4, 0.5) is 0 Å². The van der Waals surface area contributed by atoms with Crippen molar-refractivity contribution >= 4 is 17.0 Å². The van der Waals surface area contributed by atoms with Gasteiger partial charge in [0.2, 0.25) is 0 Å². The van der Waals surface area contributed by atoms with Crippen LogP contribution in [0.1, 0.15) is 26.1 Å². The summed E-state index contributed by atoms with van der Waals surface area (Å²) in [4.78, 5) is 15.8. The molecule has 1 aromatic heterocycles. The molecule has 2 N–H and O–H groups in total. The maximum atomic E-state index is 11.2. The van der Waals surface area contributed by atoms with Crippen LogP contribution in [0.25, 0.3) is 11.0 Å². The van der Waals surface area contributed by atoms with Crippen molar-refractivity contribution in [3.63, 3.8) is 0 Å². The lowest BCUT2D eigenvalue weighted by Gasteiger charge is -2.16. The van der Waals surface area contributed by atoms with Gasteiger partial charge in [-0.1, -0.05) is 26.0 Å². The van der Waals surface area contributed by atoms with Crippen LogP contribution >= 0.6 is 0 Å². The first kappa shape index (κ1) is 14.5. The normalized spacial score (nSPS) is 13.0. The average molecular weight is 275 g/mol. The Morgan fingerprint density at radius 2 is 2.10 bits per heavy atom. The number of aryl methyl sites for hydroxylation is 1. The second-order valence-electron chi connectivity index (χ2n) is 5.48. The molecule has 0 bridgehead atoms. The highest BCUT2D eigenvalue weighted by Crippen LogP contribution is 2.14. The Kier molecular flexibility index (Phi) is 4.39. The molecule has 0 amide bonds. The number of carboxylic acids is 1. The minimum absolute atomic E-state index is 0.337. The number of hydrogen-bond acceptors (Lipinski definition) is 3. The minimum atomic E-state index is -0.808. The molecular weight excluding hydrogens is 254 g/mol. The molecule has 2 rings (SSSR count). The van der Waals surface area contributed by atoms with Crippen LogP contribution in [0.3, 0.4) is 0 Å². The molecule has 0 aliphatic rings. The molecule has 20 heavy (non-hydrogen) atoms. The molecule has 0 fully saturated rings. The first-order chi connectivity index (χ1) is 9.49. The van der Waals surface area contributed by atoms with Crippen molar-refractivity contribution in [1.29, 1.82) is 0 Å². The van der Waals surface area contributed by atoms with Crippen molar-refractivity contribution in [3.8, 4) is 0 Å². The number of carboxylic acid groups (broad SMARTS) is 1. The van der Waals surface area contributed by atoms with Crippen LogP contribution in [0.5, 0.6) is 0 Å². The predicted octanol–water partition coefficient (Wildman–Crippen LogP) is 2.16. The summed E-state index contributed by atoms with van der Waals surface area (Å²) >= 11 is 0. The largest absolute Gasteiger partial charge is 0.480 e. The van der Waals surface area contributed by atoms with Crippen molar-refractivity contribution in [2.24, 2.45) is 13.0 Å². The van der Waals surface area contributed by atoms with Crippen molar-refractivity contribution < 1.29 is 9.90 Å². The summed E-state index contributed by atoms with van der Waals surface area (Å²) in [7, 11) is 1.95. The first-order valence-electron chi connectivity index (χ1n) is 6.85. The van der Waals surface area contributed by atoms with Gasteiger partial charge in [-0.05, 0) is 24.5 Å². The Hall–Kier alpha value is -1.88. The summed E-state index contributed by atoms with van der Waals surface area (Å²) in [5.41, 5.74) is 1.99. The standard InChI is InChI=1S/C15H21N3O2/c1-10(2)8-12(15(19)20)16-9-14-17-11-6-4-5-7-13(11)18(14)3/h4-7,10,12,16H,8-9H2,1-3H3,(H,19,20). The lowest BCUT2D eigenvalue weighted by molar-refractivity contribution is -0.140. The first-order valence-corrected chi connectivity index (χ1v) is 6.85. The van der Waals surface area contributed by atoms with E-state index in [1.54, 1.807) is 0 Å². The summed E-state index contributed by atoms with van der Waals surface area (Å²) in [6.45, 7) is 4.49. The molecule has 0 saturated carbocycles. The third kappa shape index (κ3) is 3.17. The average Bonchev–Trinajstić information content (AvgIpc) is 2.71. The van der Waals surface area contributed by atoms with E-state index in [9.17, 15) is 9.90 Å². The van der Waals surface area contributed by atoms with Gasteiger partial charge < -0.3 is 9.67 Å². The smallest absolute Gasteiger partial charge is 0.320 e. The highest BCUT2D eigenvalue weighted by Gasteiger charge is 2.19. The van der Waals surface area contributed by atoms with Gasteiger partial charge >= 0.3 is 5.97 Å². The van der Waals surface area contributed by atoms with Gasteiger partial charge in [-0.2, -0.15) is 0 Å². The van der Waals surface area contributed by atoms with Gasteiger partial charge in [0.15, 0.2) is 0 Å². The highest BCUT2D eigenvalue weighted by molar-refractivity contribution is 5.76. The summed E-state index contributed by atoms with van der Waals surface area (Å²) in [6, 6.07) is 7.36. The number of carbonyl (C=O) groups is 1. The maximum Gasteiger partial charge on any atom is 0.320 e. The lowest BCUT2D eigenvalue weighted by atomic mass is 10.0. The van der Waals surface area contributed by atoms with E-state index in [1.807, 2.05) is 49.7 Å². The number of benzene rings is 1. The number of nitrogens with zero attached hydrogens (tertiary/aromatic N) is 2. The second kappa shape index (κ2) is 6.05. The number of rotatable bonds is 6. The Morgan fingerprint density at radius 1 is 1.40 bits per heavy atom. The molecule has 2 aromatic rings. The summed E-state index contributed by atoms with van der Waals surface area (Å²) in [6.07, 6.45) is 0.610. The van der Waals surface area contributed by atoms with E-state index >= 15 is 0 Å². The van der Waals surface area contributed by atoms with Crippen LogP contribution in [0.15, 0.2) is 24.3 Å².